The molecule has 0 radical (unpaired) electrons. The molecule has 3 rings (SSSR count). The molecule has 0 spiro atoms. The average Bonchev–Trinajstić information content (AvgIpc) is 2.43. The summed E-state index contributed by atoms with van der Waals surface area (Å²) in [6.07, 6.45) is 0.425. The maximum absolute atomic E-state index is 12.9. The number of nitrogens with zero attached hydrogens (tertiary/aromatic N) is 2. The predicted octanol–water partition coefficient (Wildman–Crippen LogP) is 0.439. The number of piperidine rings is 1. The second-order valence-corrected chi connectivity index (χ2v) is 5.69. The lowest BCUT2D eigenvalue weighted by Crippen LogP contribution is -2.56. The van der Waals surface area contributed by atoms with Crippen LogP contribution in [0, 0.1) is 6.92 Å². The first-order chi connectivity index (χ1) is 10.3. The highest BCUT2D eigenvalue weighted by molar-refractivity contribution is 6.01. The van der Waals surface area contributed by atoms with Crippen molar-refractivity contribution in [2.45, 2.75) is 32.2 Å². The van der Waals surface area contributed by atoms with Crippen LogP contribution in [0.3, 0.4) is 0 Å². The molecule has 2 heterocycles. The summed E-state index contributed by atoms with van der Waals surface area (Å²) >= 11 is 0. The number of hydrogen-bond donors (Lipinski definition) is 2. The molecular formula is C15H16N4O3. The molecule has 0 unspecified atom stereocenters. The van der Waals surface area contributed by atoms with Crippen molar-refractivity contribution in [3.8, 4) is 0 Å². The van der Waals surface area contributed by atoms with Gasteiger partial charge in [-0.15, -0.1) is 0 Å². The molecule has 1 aromatic carbocycles. The maximum Gasteiger partial charge on any atom is 0.264 e. The van der Waals surface area contributed by atoms with E-state index in [1.165, 1.54) is 4.57 Å². The number of nitrogen functional groups attached to an aromatic ring is 1. The van der Waals surface area contributed by atoms with Gasteiger partial charge in [0.05, 0.1) is 10.9 Å². The molecule has 1 aliphatic rings. The Morgan fingerprint density at radius 1 is 1.32 bits per heavy atom. The maximum atomic E-state index is 12.9. The first-order valence-corrected chi connectivity index (χ1v) is 6.97. The number of rotatable bonds is 1. The highest BCUT2D eigenvalue weighted by Gasteiger charge is 2.42. The summed E-state index contributed by atoms with van der Waals surface area (Å²) in [7, 11) is 0. The Labute approximate surface area is 126 Å². The van der Waals surface area contributed by atoms with Gasteiger partial charge < -0.3 is 5.73 Å². The van der Waals surface area contributed by atoms with Crippen molar-refractivity contribution >= 4 is 28.4 Å². The largest absolute Gasteiger partial charge is 0.398 e. The number of carbonyl (C=O) groups excluding carboxylic acids is 2. The third-order valence-electron chi connectivity index (χ3n) is 4.17. The molecule has 7 nitrogen and oxygen atoms in total. The second-order valence-electron chi connectivity index (χ2n) is 5.69. The van der Waals surface area contributed by atoms with Crippen LogP contribution in [0.5, 0.6) is 0 Å². The lowest BCUT2D eigenvalue weighted by Gasteiger charge is -2.34. The number of fused-ring (bicyclic) bond motifs is 1. The molecule has 1 aliphatic heterocycles. The Kier molecular flexibility index (Phi) is 3.01. The smallest absolute Gasteiger partial charge is 0.264 e. The van der Waals surface area contributed by atoms with Gasteiger partial charge in [-0.25, -0.2) is 4.98 Å². The molecule has 3 N–H and O–H groups in total. The van der Waals surface area contributed by atoms with Crippen LogP contribution in [-0.2, 0) is 15.1 Å². The number of benzene rings is 1. The summed E-state index contributed by atoms with van der Waals surface area (Å²) in [6, 6.07) is 5.05. The van der Waals surface area contributed by atoms with Crippen molar-refractivity contribution in [1.82, 2.24) is 14.9 Å². The van der Waals surface area contributed by atoms with Gasteiger partial charge in [0.25, 0.3) is 11.5 Å². The third-order valence-corrected chi connectivity index (χ3v) is 4.17. The number of amides is 2. The van der Waals surface area contributed by atoms with E-state index in [1.807, 2.05) is 0 Å². The van der Waals surface area contributed by atoms with E-state index in [0.717, 1.165) is 0 Å². The number of nitrogens with one attached hydrogen (secondary N) is 1. The molecular weight excluding hydrogens is 284 g/mol. The monoisotopic (exact) mass is 300 g/mol. The summed E-state index contributed by atoms with van der Waals surface area (Å²) in [5, 5.41) is 2.58. The fraction of sp³-hybridized carbons (Fsp3) is 0.333. The van der Waals surface area contributed by atoms with Crippen molar-refractivity contribution in [2.24, 2.45) is 0 Å². The zero-order chi connectivity index (χ0) is 16.1. The van der Waals surface area contributed by atoms with E-state index in [2.05, 4.69) is 10.3 Å². The Balaban J connectivity index is 2.32. The zero-order valence-corrected chi connectivity index (χ0v) is 12.3. The Bertz CT molecular complexity index is 871. The molecule has 114 valence electrons. The summed E-state index contributed by atoms with van der Waals surface area (Å²) in [4.78, 5) is 40.9. The van der Waals surface area contributed by atoms with Crippen molar-refractivity contribution in [3.05, 3.63) is 34.4 Å². The first kappa shape index (κ1) is 14.2. The van der Waals surface area contributed by atoms with Crippen molar-refractivity contribution < 1.29 is 9.59 Å². The SMILES string of the molecule is Cc1nc2cccc(N)c2c(=O)n1[C@@]1(C)CCC(=O)NC1=O. The highest BCUT2D eigenvalue weighted by Crippen LogP contribution is 2.27. The molecule has 0 bridgehead atoms. The van der Waals surface area contributed by atoms with E-state index in [1.54, 1.807) is 32.0 Å². The molecule has 0 aliphatic carbocycles. The lowest BCUT2D eigenvalue weighted by atomic mass is 9.90. The van der Waals surface area contributed by atoms with Gasteiger partial charge in [0, 0.05) is 12.1 Å². The van der Waals surface area contributed by atoms with E-state index in [0.29, 0.717) is 22.4 Å². The normalized spacial score (nSPS) is 21.9. The van der Waals surface area contributed by atoms with Crippen molar-refractivity contribution in [2.75, 3.05) is 5.73 Å². The lowest BCUT2D eigenvalue weighted by molar-refractivity contribution is -0.140. The first-order valence-electron chi connectivity index (χ1n) is 6.97. The number of imide groups is 1. The highest BCUT2D eigenvalue weighted by atomic mass is 16.2. The number of carbonyl (C=O) groups is 2. The van der Waals surface area contributed by atoms with Gasteiger partial charge >= 0.3 is 0 Å². The number of aromatic nitrogens is 2. The number of aryl methyl sites for hydroxylation is 1. The van der Waals surface area contributed by atoms with E-state index >= 15 is 0 Å². The fourth-order valence-corrected chi connectivity index (χ4v) is 2.96. The Morgan fingerprint density at radius 2 is 2.05 bits per heavy atom. The standard InChI is InChI=1S/C15H16N4O3/c1-8-17-10-5-3-4-9(16)12(10)13(21)19(8)15(2)7-6-11(20)18-14(15)22/h3-5H,6-7,16H2,1-2H3,(H,18,20,22)/t15-/m0/s1. The van der Waals surface area contributed by atoms with Gasteiger partial charge in [0.1, 0.15) is 11.4 Å². The van der Waals surface area contributed by atoms with Gasteiger partial charge in [-0.05, 0) is 32.4 Å². The van der Waals surface area contributed by atoms with Crippen molar-refractivity contribution in [3.63, 3.8) is 0 Å². The molecule has 0 saturated carbocycles. The number of anilines is 1. The van der Waals surface area contributed by atoms with Crippen LogP contribution in [0.4, 0.5) is 5.69 Å². The second kappa shape index (κ2) is 4.66. The summed E-state index contributed by atoms with van der Waals surface area (Å²) in [5.74, 6) is -0.416. The van der Waals surface area contributed by atoms with Gasteiger partial charge in [-0.1, -0.05) is 6.07 Å². The Hall–Kier alpha value is -2.70. The fourth-order valence-electron chi connectivity index (χ4n) is 2.96. The van der Waals surface area contributed by atoms with Gasteiger partial charge in [0.15, 0.2) is 0 Å². The van der Waals surface area contributed by atoms with Crippen LogP contribution in [0.15, 0.2) is 23.0 Å². The molecule has 1 aromatic heterocycles. The number of nitrogens with two attached hydrogens (primary N) is 1. The third kappa shape index (κ3) is 1.89. The summed E-state index contributed by atoms with van der Waals surface area (Å²) in [6.45, 7) is 3.30. The molecule has 1 fully saturated rings. The van der Waals surface area contributed by atoms with Gasteiger partial charge in [-0.3, -0.25) is 24.3 Å². The minimum Gasteiger partial charge on any atom is -0.398 e. The topological polar surface area (TPSA) is 107 Å². The minimum atomic E-state index is -1.15. The van der Waals surface area contributed by atoms with E-state index < -0.39 is 11.4 Å². The molecule has 7 heteroatoms. The predicted molar refractivity (Wildman–Crippen MR) is 81.2 cm³/mol. The number of hydrogen-bond acceptors (Lipinski definition) is 5. The summed E-state index contributed by atoms with van der Waals surface area (Å²) in [5.41, 5.74) is 5.19. The average molecular weight is 300 g/mol. The van der Waals surface area contributed by atoms with Crippen LogP contribution in [0.2, 0.25) is 0 Å². The molecule has 22 heavy (non-hydrogen) atoms. The van der Waals surface area contributed by atoms with E-state index in [-0.39, 0.29) is 24.3 Å². The van der Waals surface area contributed by atoms with Gasteiger partial charge in [-0.2, -0.15) is 0 Å². The van der Waals surface area contributed by atoms with Crippen LogP contribution < -0.4 is 16.6 Å². The van der Waals surface area contributed by atoms with Gasteiger partial charge in [0.2, 0.25) is 5.91 Å². The van der Waals surface area contributed by atoms with E-state index in [9.17, 15) is 14.4 Å². The quantitative estimate of drug-likeness (QED) is 0.587. The minimum absolute atomic E-state index is 0.177. The molecule has 1 saturated heterocycles. The van der Waals surface area contributed by atoms with Crippen LogP contribution in [0.25, 0.3) is 10.9 Å². The summed E-state index contributed by atoms with van der Waals surface area (Å²) < 4.78 is 1.34. The molecule has 1 atom stereocenters. The zero-order valence-electron chi connectivity index (χ0n) is 12.3. The Morgan fingerprint density at radius 3 is 2.73 bits per heavy atom. The molecule has 2 amide bonds. The van der Waals surface area contributed by atoms with Crippen molar-refractivity contribution in [1.29, 1.82) is 0 Å². The van der Waals surface area contributed by atoms with Crippen LogP contribution in [0.1, 0.15) is 25.6 Å². The van der Waals surface area contributed by atoms with E-state index in [4.69, 9.17) is 5.73 Å². The van der Waals surface area contributed by atoms with Crippen LogP contribution >= 0.6 is 0 Å². The molecule has 2 aromatic rings. The van der Waals surface area contributed by atoms with Crippen LogP contribution in [-0.4, -0.2) is 21.4 Å².